The van der Waals surface area contributed by atoms with E-state index in [0.717, 1.165) is 5.56 Å². The van der Waals surface area contributed by atoms with Crippen LogP contribution < -0.4 is 10.1 Å². The monoisotopic (exact) mass is 341 g/mol. The smallest absolute Gasteiger partial charge is 0.339 e. The van der Waals surface area contributed by atoms with E-state index in [2.05, 4.69) is 26.1 Å². The van der Waals surface area contributed by atoms with Crippen molar-refractivity contribution in [3.05, 3.63) is 59.7 Å². The Labute approximate surface area is 148 Å². The molecule has 0 fully saturated rings. The van der Waals surface area contributed by atoms with Crippen LogP contribution >= 0.6 is 0 Å². The molecule has 2 rings (SSSR count). The number of esters is 1. The number of nitrogens with one attached hydrogen (secondary N) is 1. The third-order valence-electron chi connectivity index (χ3n) is 3.66. The molecule has 0 unspecified atom stereocenters. The van der Waals surface area contributed by atoms with Crippen LogP contribution in [0, 0.1) is 0 Å². The van der Waals surface area contributed by atoms with Gasteiger partial charge in [-0.1, -0.05) is 51.1 Å². The van der Waals surface area contributed by atoms with Crippen LogP contribution in [-0.4, -0.2) is 25.6 Å². The molecule has 0 saturated carbocycles. The molecule has 2 aromatic rings. The van der Waals surface area contributed by atoms with Crippen LogP contribution in [0.1, 0.15) is 36.7 Å². The number of hydrogen-bond acceptors (Lipinski definition) is 4. The van der Waals surface area contributed by atoms with Crippen LogP contribution in [0.15, 0.2) is 48.5 Å². The quantitative estimate of drug-likeness (QED) is 0.841. The lowest BCUT2D eigenvalue weighted by Crippen LogP contribution is -2.23. The van der Waals surface area contributed by atoms with Crippen molar-refractivity contribution in [2.24, 2.45) is 0 Å². The van der Waals surface area contributed by atoms with Gasteiger partial charge in [-0.25, -0.2) is 4.79 Å². The fourth-order valence-corrected chi connectivity index (χ4v) is 2.42. The third-order valence-corrected chi connectivity index (χ3v) is 3.66. The van der Waals surface area contributed by atoms with Crippen LogP contribution in [0.4, 0.5) is 5.69 Å². The molecule has 0 bridgehead atoms. The summed E-state index contributed by atoms with van der Waals surface area (Å²) >= 11 is 0. The lowest BCUT2D eigenvalue weighted by molar-refractivity contribution is -0.118. The van der Waals surface area contributed by atoms with Gasteiger partial charge in [0.25, 0.3) is 5.91 Å². The molecule has 5 nitrogen and oxygen atoms in total. The molecule has 0 aliphatic rings. The number of anilines is 1. The Morgan fingerprint density at radius 1 is 1.00 bits per heavy atom. The topological polar surface area (TPSA) is 64.6 Å². The molecule has 0 radical (unpaired) electrons. The molecule has 1 amide bonds. The Hall–Kier alpha value is -2.82. The summed E-state index contributed by atoms with van der Waals surface area (Å²) in [6.07, 6.45) is 0. The molecule has 0 aromatic heterocycles. The summed E-state index contributed by atoms with van der Waals surface area (Å²) in [5.41, 5.74) is 1.63. The minimum absolute atomic E-state index is 0.0927. The molecule has 2 aromatic carbocycles. The van der Waals surface area contributed by atoms with E-state index in [1.807, 2.05) is 24.3 Å². The molecular weight excluding hydrogens is 318 g/mol. The Morgan fingerprint density at radius 2 is 1.64 bits per heavy atom. The molecule has 0 saturated heterocycles. The summed E-state index contributed by atoms with van der Waals surface area (Å²) in [7, 11) is 1.30. The van der Waals surface area contributed by atoms with Gasteiger partial charge in [-0.2, -0.15) is 0 Å². The van der Waals surface area contributed by atoms with E-state index < -0.39 is 5.97 Å². The minimum Gasteiger partial charge on any atom is -0.483 e. The predicted octanol–water partition coefficient (Wildman–Crippen LogP) is 3.79. The Morgan fingerprint density at radius 3 is 2.32 bits per heavy atom. The van der Waals surface area contributed by atoms with Gasteiger partial charge >= 0.3 is 5.97 Å². The van der Waals surface area contributed by atoms with Crippen LogP contribution in [-0.2, 0) is 14.9 Å². The molecule has 25 heavy (non-hydrogen) atoms. The third kappa shape index (κ3) is 4.83. The van der Waals surface area contributed by atoms with Gasteiger partial charge in [-0.3, -0.25) is 4.79 Å². The zero-order valence-corrected chi connectivity index (χ0v) is 15.0. The van der Waals surface area contributed by atoms with E-state index in [0.29, 0.717) is 17.0 Å². The predicted molar refractivity (Wildman–Crippen MR) is 97.0 cm³/mol. The average molecular weight is 341 g/mol. The largest absolute Gasteiger partial charge is 0.483 e. The van der Waals surface area contributed by atoms with E-state index in [9.17, 15) is 9.59 Å². The number of hydrogen-bond donors (Lipinski definition) is 1. The van der Waals surface area contributed by atoms with E-state index in [-0.39, 0.29) is 17.9 Å². The second kappa shape index (κ2) is 7.83. The molecule has 5 heteroatoms. The second-order valence-electron chi connectivity index (χ2n) is 6.62. The van der Waals surface area contributed by atoms with E-state index >= 15 is 0 Å². The molecular formula is C20H23NO4. The summed E-state index contributed by atoms with van der Waals surface area (Å²) in [6.45, 7) is 6.11. The molecule has 0 aliphatic carbocycles. The summed E-state index contributed by atoms with van der Waals surface area (Å²) < 4.78 is 10.4. The van der Waals surface area contributed by atoms with Crippen molar-refractivity contribution in [2.75, 3.05) is 19.0 Å². The number of rotatable bonds is 5. The minimum atomic E-state index is -0.505. The SMILES string of the molecule is COC(=O)c1ccccc1NC(=O)COc1ccccc1C(C)(C)C. The first kappa shape index (κ1) is 18.5. The summed E-state index contributed by atoms with van der Waals surface area (Å²) in [5, 5.41) is 2.69. The highest BCUT2D eigenvalue weighted by Crippen LogP contribution is 2.30. The van der Waals surface area contributed by atoms with Crippen molar-refractivity contribution in [1.29, 1.82) is 0 Å². The maximum atomic E-state index is 12.2. The summed E-state index contributed by atoms with van der Waals surface area (Å²) in [5.74, 6) is -0.179. The van der Waals surface area contributed by atoms with Crippen LogP contribution in [0.25, 0.3) is 0 Å². The summed E-state index contributed by atoms with van der Waals surface area (Å²) in [6, 6.07) is 14.3. The van der Waals surface area contributed by atoms with Crippen molar-refractivity contribution in [2.45, 2.75) is 26.2 Å². The fourth-order valence-electron chi connectivity index (χ4n) is 2.42. The van der Waals surface area contributed by atoms with E-state index in [4.69, 9.17) is 9.47 Å². The van der Waals surface area contributed by atoms with E-state index in [1.54, 1.807) is 24.3 Å². The number of carbonyl (C=O) groups excluding carboxylic acids is 2. The average Bonchev–Trinajstić information content (AvgIpc) is 2.59. The normalized spacial score (nSPS) is 10.9. The molecule has 0 atom stereocenters. The first-order chi connectivity index (χ1) is 11.8. The number of amides is 1. The Balaban J connectivity index is 2.07. The highest BCUT2D eigenvalue weighted by atomic mass is 16.5. The van der Waals surface area contributed by atoms with Gasteiger partial charge in [0.15, 0.2) is 6.61 Å². The van der Waals surface area contributed by atoms with Gasteiger partial charge in [0.1, 0.15) is 5.75 Å². The van der Waals surface area contributed by atoms with Crippen molar-refractivity contribution < 1.29 is 19.1 Å². The van der Waals surface area contributed by atoms with Crippen LogP contribution in [0.5, 0.6) is 5.75 Å². The number of ether oxygens (including phenoxy) is 2. The first-order valence-corrected chi connectivity index (χ1v) is 8.02. The number of para-hydroxylation sites is 2. The van der Waals surface area contributed by atoms with Gasteiger partial charge in [-0.15, -0.1) is 0 Å². The number of benzene rings is 2. The van der Waals surface area contributed by atoms with Crippen LogP contribution in [0.2, 0.25) is 0 Å². The van der Waals surface area contributed by atoms with E-state index in [1.165, 1.54) is 7.11 Å². The standard InChI is InChI=1S/C20H23NO4/c1-20(2,3)15-10-6-8-12-17(15)25-13-18(22)21-16-11-7-5-9-14(16)19(23)24-4/h5-12H,13H2,1-4H3,(H,21,22). The fraction of sp³-hybridized carbons (Fsp3) is 0.300. The number of methoxy groups -OCH3 is 1. The van der Waals surface area contributed by atoms with Crippen molar-refractivity contribution >= 4 is 17.6 Å². The molecule has 132 valence electrons. The van der Waals surface area contributed by atoms with Crippen LogP contribution in [0.3, 0.4) is 0 Å². The van der Waals surface area contributed by atoms with Gasteiger partial charge < -0.3 is 14.8 Å². The highest BCUT2D eigenvalue weighted by Gasteiger charge is 2.19. The zero-order valence-electron chi connectivity index (χ0n) is 15.0. The lowest BCUT2D eigenvalue weighted by atomic mass is 9.86. The van der Waals surface area contributed by atoms with Gasteiger partial charge in [0.05, 0.1) is 18.4 Å². The van der Waals surface area contributed by atoms with Crippen molar-refractivity contribution in [3.8, 4) is 5.75 Å². The Bertz CT molecular complexity index is 762. The molecule has 0 spiro atoms. The maximum Gasteiger partial charge on any atom is 0.339 e. The maximum absolute atomic E-state index is 12.2. The van der Waals surface area contributed by atoms with Crippen molar-refractivity contribution in [3.63, 3.8) is 0 Å². The first-order valence-electron chi connectivity index (χ1n) is 8.02. The van der Waals surface area contributed by atoms with Crippen molar-refractivity contribution in [1.82, 2.24) is 0 Å². The summed E-state index contributed by atoms with van der Waals surface area (Å²) in [4.78, 5) is 24.0. The Kier molecular flexibility index (Phi) is 5.80. The zero-order chi connectivity index (χ0) is 18.4. The molecule has 1 N–H and O–H groups in total. The van der Waals surface area contributed by atoms with Gasteiger partial charge in [0.2, 0.25) is 0 Å². The van der Waals surface area contributed by atoms with Gasteiger partial charge in [0, 0.05) is 0 Å². The molecule has 0 heterocycles. The second-order valence-corrected chi connectivity index (χ2v) is 6.62. The highest BCUT2D eigenvalue weighted by molar-refractivity contribution is 6.01. The lowest BCUT2D eigenvalue weighted by Gasteiger charge is -2.22. The number of carbonyl (C=O) groups is 2. The van der Waals surface area contributed by atoms with Gasteiger partial charge in [-0.05, 0) is 29.2 Å². The molecule has 0 aliphatic heterocycles.